The summed E-state index contributed by atoms with van der Waals surface area (Å²) in [5, 5.41) is 2.80. The third-order valence-corrected chi connectivity index (χ3v) is 5.50. The van der Waals surface area contributed by atoms with Crippen LogP contribution in [0.2, 0.25) is 0 Å². The molecule has 33 heavy (non-hydrogen) atoms. The fourth-order valence-corrected chi connectivity index (χ4v) is 3.90. The SMILES string of the molecule is COc1cccc(CN2C(=O)N(c3cccc(C)c3)C(=O)[C@@H]2CC(=O)Nc2ccccc2)c1. The Labute approximate surface area is 192 Å². The molecule has 1 fully saturated rings. The Morgan fingerprint density at radius 2 is 1.73 bits per heavy atom. The number of methoxy groups -OCH3 is 1. The molecule has 1 heterocycles. The lowest BCUT2D eigenvalue weighted by molar-refractivity contribution is -0.124. The minimum Gasteiger partial charge on any atom is -0.497 e. The number of hydrogen-bond acceptors (Lipinski definition) is 4. The Balaban J connectivity index is 1.62. The summed E-state index contributed by atoms with van der Waals surface area (Å²) >= 11 is 0. The van der Waals surface area contributed by atoms with Gasteiger partial charge in [0, 0.05) is 12.2 Å². The smallest absolute Gasteiger partial charge is 0.332 e. The molecule has 0 spiro atoms. The second kappa shape index (κ2) is 9.56. The van der Waals surface area contributed by atoms with Crippen molar-refractivity contribution in [1.29, 1.82) is 0 Å². The van der Waals surface area contributed by atoms with Crippen molar-refractivity contribution >= 4 is 29.2 Å². The van der Waals surface area contributed by atoms with Crippen LogP contribution in [0.1, 0.15) is 17.5 Å². The van der Waals surface area contributed by atoms with Crippen LogP contribution in [0.4, 0.5) is 16.2 Å². The minimum atomic E-state index is -0.923. The normalized spacial score (nSPS) is 15.6. The van der Waals surface area contributed by atoms with Gasteiger partial charge in [-0.15, -0.1) is 0 Å². The van der Waals surface area contributed by atoms with Crippen LogP contribution in [-0.2, 0) is 16.1 Å². The van der Waals surface area contributed by atoms with Gasteiger partial charge in [0.05, 0.1) is 19.2 Å². The minimum absolute atomic E-state index is 0.147. The van der Waals surface area contributed by atoms with E-state index in [2.05, 4.69) is 5.32 Å². The predicted octanol–water partition coefficient (Wildman–Crippen LogP) is 4.37. The van der Waals surface area contributed by atoms with Crippen LogP contribution in [0, 0.1) is 6.92 Å². The molecule has 0 saturated carbocycles. The molecule has 168 valence electrons. The number of hydrogen-bond donors (Lipinski definition) is 1. The molecule has 0 radical (unpaired) electrons. The number of benzene rings is 3. The highest BCUT2D eigenvalue weighted by Gasteiger charge is 2.46. The first-order chi connectivity index (χ1) is 16.0. The van der Waals surface area contributed by atoms with Gasteiger partial charge >= 0.3 is 6.03 Å². The summed E-state index contributed by atoms with van der Waals surface area (Å²) in [6.07, 6.45) is -0.147. The summed E-state index contributed by atoms with van der Waals surface area (Å²) < 4.78 is 5.28. The van der Waals surface area contributed by atoms with Crippen molar-refractivity contribution in [3.05, 3.63) is 90.0 Å². The number of nitrogens with zero attached hydrogens (tertiary/aromatic N) is 2. The molecule has 1 N–H and O–H groups in total. The molecule has 0 aromatic heterocycles. The Bertz CT molecular complexity index is 1180. The summed E-state index contributed by atoms with van der Waals surface area (Å²) in [4.78, 5) is 42.2. The lowest BCUT2D eigenvalue weighted by Gasteiger charge is -2.22. The van der Waals surface area contributed by atoms with E-state index in [1.54, 1.807) is 37.4 Å². The molecule has 7 nitrogen and oxygen atoms in total. The predicted molar refractivity (Wildman–Crippen MR) is 126 cm³/mol. The second-order valence-corrected chi connectivity index (χ2v) is 7.91. The first-order valence-corrected chi connectivity index (χ1v) is 10.7. The van der Waals surface area contributed by atoms with Gasteiger partial charge in [0.1, 0.15) is 11.8 Å². The average Bonchev–Trinajstić information content (AvgIpc) is 3.03. The molecule has 4 rings (SSSR count). The Hall–Kier alpha value is -4.13. The Kier molecular flexibility index (Phi) is 6.40. The van der Waals surface area contributed by atoms with Crippen LogP contribution in [-0.4, -0.2) is 35.9 Å². The lowest BCUT2D eigenvalue weighted by Crippen LogP contribution is -2.37. The molecule has 1 aliphatic rings. The summed E-state index contributed by atoms with van der Waals surface area (Å²) in [6, 6.07) is 22.2. The Morgan fingerprint density at radius 3 is 2.45 bits per heavy atom. The largest absolute Gasteiger partial charge is 0.497 e. The van der Waals surface area contributed by atoms with Gasteiger partial charge in [-0.05, 0) is 54.4 Å². The fraction of sp³-hybridized carbons (Fsp3) is 0.192. The number of rotatable bonds is 7. The van der Waals surface area contributed by atoms with E-state index in [-0.39, 0.29) is 18.9 Å². The van der Waals surface area contributed by atoms with E-state index >= 15 is 0 Å². The van der Waals surface area contributed by atoms with E-state index < -0.39 is 18.0 Å². The van der Waals surface area contributed by atoms with Gasteiger partial charge in [0.2, 0.25) is 5.91 Å². The van der Waals surface area contributed by atoms with E-state index in [0.29, 0.717) is 17.1 Å². The van der Waals surface area contributed by atoms with Crippen LogP contribution in [0.3, 0.4) is 0 Å². The van der Waals surface area contributed by atoms with Crippen LogP contribution in [0.25, 0.3) is 0 Å². The zero-order chi connectivity index (χ0) is 23.4. The van der Waals surface area contributed by atoms with E-state index in [1.165, 1.54) is 4.90 Å². The number of carbonyl (C=O) groups excluding carboxylic acids is 3. The van der Waals surface area contributed by atoms with Gasteiger partial charge in [-0.25, -0.2) is 9.69 Å². The van der Waals surface area contributed by atoms with Crippen molar-refractivity contribution in [3.63, 3.8) is 0 Å². The van der Waals surface area contributed by atoms with Crippen LogP contribution < -0.4 is 15.0 Å². The molecule has 1 aliphatic heterocycles. The standard InChI is InChI=1S/C26H25N3O4/c1-18-8-6-12-21(14-18)29-25(31)23(16-24(30)27-20-10-4-3-5-11-20)28(26(29)32)17-19-9-7-13-22(15-19)33-2/h3-15,23H,16-17H2,1-2H3,(H,27,30)/t23-/m0/s1. The van der Waals surface area contributed by atoms with Gasteiger partial charge in [0.15, 0.2) is 0 Å². The molecule has 0 bridgehead atoms. The van der Waals surface area contributed by atoms with Gasteiger partial charge in [-0.2, -0.15) is 0 Å². The van der Waals surface area contributed by atoms with Gasteiger partial charge in [-0.1, -0.05) is 42.5 Å². The number of anilines is 2. The van der Waals surface area contributed by atoms with E-state index in [1.807, 2.05) is 55.5 Å². The number of imide groups is 1. The molecule has 0 aliphatic carbocycles. The third kappa shape index (κ3) is 4.87. The van der Waals surface area contributed by atoms with Crippen LogP contribution in [0.15, 0.2) is 78.9 Å². The van der Waals surface area contributed by atoms with Gasteiger partial charge < -0.3 is 15.0 Å². The maximum absolute atomic E-state index is 13.4. The summed E-state index contributed by atoms with van der Waals surface area (Å²) in [7, 11) is 1.57. The number of urea groups is 1. The number of carbonyl (C=O) groups is 3. The molecular weight excluding hydrogens is 418 g/mol. The van der Waals surface area contributed by atoms with Crippen LogP contribution >= 0.6 is 0 Å². The molecule has 1 atom stereocenters. The van der Waals surface area contributed by atoms with E-state index in [9.17, 15) is 14.4 Å². The van der Waals surface area contributed by atoms with Crippen molar-refractivity contribution in [3.8, 4) is 5.75 Å². The summed E-state index contributed by atoms with van der Waals surface area (Å²) in [5.41, 5.74) is 2.86. The van der Waals surface area contributed by atoms with Crippen molar-refractivity contribution < 1.29 is 19.1 Å². The topological polar surface area (TPSA) is 79.0 Å². The highest BCUT2D eigenvalue weighted by Crippen LogP contribution is 2.29. The van der Waals surface area contributed by atoms with Gasteiger partial charge in [0.25, 0.3) is 5.91 Å². The zero-order valence-electron chi connectivity index (χ0n) is 18.5. The van der Waals surface area contributed by atoms with Crippen molar-refractivity contribution in [2.75, 3.05) is 17.3 Å². The molecule has 1 saturated heterocycles. The number of ether oxygens (including phenoxy) is 1. The maximum atomic E-state index is 13.4. The van der Waals surface area contributed by atoms with E-state index in [4.69, 9.17) is 4.74 Å². The first kappa shape index (κ1) is 22.1. The highest BCUT2D eigenvalue weighted by atomic mass is 16.5. The monoisotopic (exact) mass is 443 g/mol. The van der Waals surface area contributed by atoms with Gasteiger partial charge in [-0.3, -0.25) is 9.59 Å². The molecular formula is C26H25N3O4. The first-order valence-electron chi connectivity index (χ1n) is 10.7. The van der Waals surface area contributed by atoms with Crippen molar-refractivity contribution in [2.24, 2.45) is 0 Å². The lowest BCUT2D eigenvalue weighted by atomic mass is 10.1. The van der Waals surface area contributed by atoms with Crippen molar-refractivity contribution in [2.45, 2.75) is 25.9 Å². The molecule has 3 aromatic carbocycles. The summed E-state index contributed by atoms with van der Waals surface area (Å²) in [6.45, 7) is 2.07. The second-order valence-electron chi connectivity index (χ2n) is 7.91. The molecule has 0 unspecified atom stereocenters. The maximum Gasteiger partial charge on any atom is 0.332 e. The fourth-order valence-electron chi connectivity index (χ4n) is 3.90. The molecule has 3 aromatic rings. The van der Waals surface area contributed by atoms with Crippen molar-refractivity contribution in [1.82, 2.24) is 4.90 Å². The Morgan fingerprint density at radius 1 is 0.970 bits per heavy atom. The average molecular weight is 444 g/mol. The van der Waals surface area contributed by atoms with E-state index in [0.717, 1.165) is 16.0 Å². The summed E-state index contributed by atoms with van der Waals surface area (Å²) in [5.74, 6) is -0.106. The third-order valence-electron chi connectivity index (χ3n) is 5.50. The molecule has 4 amide bonds. The van der Waals surface area contributed by atoms with Crippen LogP contribution in [0.5, 0.6) is 5.75 Å². The highest BCUT2D eigenvalue weighted by molar-refractivity contribution is 6.22. The number of aryl methyl sites for hydroxylation is 1. The number of para-hydroxylation sites is 1. The quantitative estimate of drug-likeness (QED) is 0.550. The zero-order valence-corrected chi connectivity index (χ0v) is 18.5. The molecule has 7 heteroatoms. The number of nitrogens with one attached hydrogen (secondary N) is 1. The number of amides is 4.